The second-order valence-corrected chi connectivity index (χ2v) is 9.21. The quantitative estimate of drug-likeness (QED) is 0.416. The average Bonchev–Trinajstić information content (AvgIpc) is 3.21. The van der Waals surface area contributed by atoms with Crippen LogP contribution in [0.25, 0.3) is 16.8 Å². The van der Waals surface area contributed by atoms with Gasteiger partial charge >= 0.3 is 0 Å². The second-order valence-electron chi connectivity index (χ2n) is 9.21. The lowest BCUT2D eigenvalue weighted by Crippen LogP contribution is -2.47. The molecule has 0 spiro atoms. The number of aromatic nitrogens is 3. The number of benzene rings is 2. The van der Waals surface area contributed by atoms with Crippen LogP contribution >= 0.6 is 0 Å². The zero-order valence-corrected chi connectivity index (χ0v) is 20.9. The van der Waals surface area contributed by atoms with Gasteiger partial charge in [0.05, 0.1) is 18.4 Å². The number of nitrogens with zero attached hydrogens (tertiary/aromatic N) is 5. The summed E-state index contributed by atoms with van der Waals surface area (Å²) in [6.45, 7) is 11.4. The summed E-state index contributed by atoms with van der Waals surface area (Å²) in [7, 11) is 1.70. The van der Waals surface area contributed by atoms with Crippen LogP contribution in [0.3, 0.4) is 0 Å². The Balaban J connectivity index is 1.24. The minimum absolute atomic E-state index is 0.828. The Labute approximate surface area is 207 Å². The molecule has 0 unspecified atom stereocenters. The maximum absolute atomic E-state index is 5.62. The van der Waals surface area contributed by atoms with Crippen LogP contribution in [0.1, 0.15) is 17.0 Å². The van der Waals surface area contributed by atoms with E-state index < -0.39 is 0 Å². The Kier molecular flexibility index (Phi) is 6.97. The van der Waals surface area contributed by atoms with Crippen LogP contribution in [0.5, 0.6) is 5.75 Å². The van der Waals surface area contributed by atoms with Crippen molar-refractivity contribution >= 4 is 11.5 Å². The fourth-order valence-corrected chi connectivity index (χ4v) is 4.89. The molecule has 0 saturated carbocycles. The maximum atomic E-state index is 5.62. The smallest absolute Gasteiger partial charge is 0.165 e. The van der Waals surface area contributed by atoms with E-state index in [1.807, 2.05) is 36.6 Å². The topological polar surface area (TPSA) is 57.9 Å². The third-order valence-corrected chi connectivity index (χ3v) is 6.72. The van der Waals surface area contributed by atoms with E-state index in [2.05, 4.69) is 57.6 Å². The number of aryl methyl sites for hydroxylation is 2. The number of piperazine rings is 1. The van der Waals surface area contributed by atoms with Crippen LogP contribution in [0.2, 0.25) is 0 Å². The summed E-state index contributed by atoms with van der Waals surface area (Å²) in [5.41, 5.74) is 6.17. The van der Waals surface area contributed by atoms with Crippen molar-refractivity contribution < 1.29 is 4.74 Å². The number of ether oxygens (including phenoxy) is 1. The second kappa shape index (κ2) is 10.5. The van der Waals surface area contributed by atoms with Crippen molar-refractivity contribution in [2.24, 2.45) is 0 Å². The van der Waals surface area contributed by atoms with E-state index in [9.17, 15) is 0 Å². The zero-order valence-electron chi connectivity index (χ0n) is 20.9. The molecular weight excluding hydrogens is 436 g/mol. The highest BCUT2D eigenvalue weighted by atomic mass is 16.5. The van der Waals surface area contributed by atoms with Gasteiger partial charge in [-0.2, -0.15) is 9.61 Å². The molecule has 0 atom stereocenters. The zero-order chi connectivity index (χ0) is 24.2. The summed E-state index contributed by atoms with van der Waals surface area (Å²) in [6.07, 6.45) is 0. The lowest BCUT2D eigenvalue weighted by Gasteiger charge is -2.34. The van der Waals surface area contributed by atoms with Gasteiger partial charge in [0.25, 0.3) is 0 Å². The van der Waals surface area contributed by atoms with E-state index >= 15 is 0 Å². The first-order valence-corrected chi connectivity index (χ1v) is 12.4. The lowest BCUT2D eigenvalue weighted by molar-refractivity contribution is 0.130. The van der Waals surface area contributed by atoms with E-state index in [0.717, 1.165) is 85.5 Å². The summed E-state index contributed by atoms with van der Waals surface area (Å²) in [5.74, 6) is 1.80. The average molecular weight is 471 g/mol. The molecule has 35 heavy (non-hydrogen) atoms. The number of methoxy groups -OCH3 is 1. The molecule has 3 heterocycles. The minimum Gasteiger partial charge on any atom is -0.496 e. The number of hydrogen-bond donors (Lipinski definition) is 1. The minimum atomic E-state index is 0.828. The molecule has 0 amide bonds. The highest BCUT2D eigenvalue weighted by molar-refractivity contribution is 5.84. The van der Waals surface area contributed by atoms with E-state index in [4.69, 9.17) is 14.8 Å². The molecule has 2 aromatic heterocycles. The first-order chi connectivity index (χ1) is 17.1. The normalized spacial score (nSPS) is 14.9. The van der Waals surface area contributed by atoms with Crippen LogP contribution in [-0.2, 0) is 6.54 Å². The van der Waals surface area contributed by atoms with Crippen molar-refractivity contribution in [3.63, 3.8) is 0 Å². The summed E-state index contributed by atoms with van der Waals surface area (Å²) >= 11 is 0. The molecule has 7 nitrogen and oxygen atoms in total. The highest BCUT2D eigenvalue weighted by Crippen LogP contribution is 2.35. The van der Waals surface area contributed by atoms with Crippen molar-refractivity contribution in [3.8, 4) is 16.9 Å². The molecule has 1 aliphatic heterocycles. The fraction of sp³-hybridized carbons (Fsp3) is 0.357. The molecule has 1 aliphatic rings. The third-order valence-electron chi connectivity index (χ3n) is 6.72. The first-order valence-electron chi connectivity index (χ1n) is 12.4. The number of hydrogen-bond acceptors (Lipinski definition) is 6. The number of anilines is 1. The monoisotopic (exact) mass is 470 g/mol. The van der Waals surface area contributed by atoms with E-state index in [1.54, 1.807) is 7.11 Å². The van der Waals surface area contributed by atoms with Crippen molar-refractivity contribution in [2.45, 2.75) is 20.4 Å². The summed E-state index contributed by atoms with van der Waals surface area (Å²) in [4.78, 5) is 9.92. The molecule has 5 rings (SSSR count). The molecule has 1 saturated heterocycles. The molecule has 4 aromatic rings. The molecular formula is C28H34N6O. The van der Waals surface area contributed by atoms with E-state index in [1.165, 1.54) is 5.56 Å². The Morgan fingerprint density at radius 1 is 0.914 bits per heavy atom. The molecule has 0 radical (unpaired) electrons. The number of rotatable bonds is 8. The Hall–Kier alpha value is -3.42. The van der Waals surface area contributed by atoms with Crippen LogP contribution in [0.4, 0.5) is 5.82 Å². The van der Waals surface area contributed by atoms with Gasteiger partial charge in [0.15, 0.2) is 5.65 Å². The largest absolute Gasteiger partial charge is 0.496 e. The Morgan fingerprint density at radius 2 is 1.63 bits per heavy atom. The van der Waals surface area contributed by atoms with Gasteiger partial charge in [0.2, 0.25) is 0 Å². The molecule has 0 bridgehead atoms. The molecule has 2 aromatic carbocycles. The molecule has 1 fully saturated rings. The van der Waals surface area contributed by atoms with Crippen molar-refractivity contribution in [2.75, 3.05) is 51.7 Å². The van der Waals surface area contributed by atoms with Crippen LogP contribution in [0.15, 0.2) is 60.7 Å². The highest BCUT2D eigenvalue weighted by Gasteiger charge is 2.20. The standard InChI is InChI=1S/C28H34N6O/c1-21-19-26(29-13-14-32-15-17-33(18-16-32)20-23-9-5-4-6-10-23)34-28(30-21)27(22(2)31-34)24-11-7-8-12-25(24)35-3/h4-12,19,29H,13-18,20H2,1-3H3. The van der Waals surface area contributed by atoms with Gasteiger partial charge in [-0.25, -0.2) is 4.98 Å². The van der Waals surface area contributed by atoms with Crippen molar-refractivity contribution in [1.82, 2.24) is 24.4 Å². The van der Waals surface area contributed by atoms with Gasteiger partial charge < -0.3 is 10.1 Å². The Bertz CT molecular complexity index is 1280. The summed E-state index contributed by atoms with van der Waals surface area (Å²) in [5, 5.41) is 8.46. The molecule has 182 valence electrons. The summed E-state index contributed by atoms with van der Waals surface area (Å²) < 4.78 is 7.55. The van der Waals surface area contributed by atoms with Gasteiger partial charge in [0, 0.05) is 63.1 Å². The van der Waals surface area contributed by atoms with Crippen LogP contribution in [-0.4, -0.2) is 70.8 Å². The van der Waals surface area contributed by atoms with Crippen molar-refractivity contribution in [3.05, 3.63) is 77.6 Å². The number of fused-ring (bicyclic) bond motifs is 1. The van der Waals surface area contributed by atoms with Gasteiger partial charge in [-0.15, -0.1) is 0 Å². The lowest BCUT2D eigenvalue weighted by atomic mass is 10.1. The number of para-hydroxylation sites is 1. The maximum Gasteiger partial charge on any atom is 0.165 e. The van der Waals surface area contributed by atoms with Gasteiger partial charge in [-0.3, -0.25) is 9.80 Å². The van der Waals surface area contributed by atoms with E-state index in [-0.39, 0.29) is 0 Å². The SMILES string of the molecule is COc1ccccc1-c1c(C)nn2c(NCCN3CCN(Cc4ccccc4)CC3)cc(C)nc12. The molecule has 7 heteroatoms. The first kappa shape index (κ1) is 23.3. The number of nitrogens with one attached hydrogen (secondary N) is 1. The van der Waals surface area contributed by atoms with Gasteiger partial charge in [0.1, 0.15) is 11.6 Å². The third kappa shape index (κ3) is 5.16. The van der Waals surface area contributed by atoms with Crippen LogP contribution < -0.4 is 10.1 Å². The Morgan fingerprint density at radius 3 is 2.40 bits per heavy atom. The molecule has 0 aliphatic carbocycles. The predicted molar refractivity (Wildman–Crippen MR) is 141 cm³/mol. The van der Waals surface area contributed by atoms with Crippen LogP contribution in [0, 0.1) is 13.8 Å². The van der Waals surface area contributed by atoms with Gasteiger partial charge in [-0.05, 0) is 25.5 Å². The van der Waals surface area contributed by atoms with E-state index in [0.29, 0.717) is 0 Å². The van der Waals surface area contributed by atoms with Gasteiger partial charge in [-0.1, -0.05) is 48.5 Å². The summed E-state index contributed by atoms with van der Waals surface area (Å²) in [6, 6.07) is 20.9. The predicted octanol–water partition coefficient (Wildman–Crippen LogP) is 4.25. The molecule has 1 N–H and O–H groups in total. The fourth-order valence-electron chi connectivity index (χ4n) is 4.89. The van der Waals surface area contributed by atoms with Crippen molar-refractivity contribution in [1.29, 1.82) is 0 Å².